The fraction of sp³-hybridized carbons (Fsp3) is 0.143. The lowest BCUT2D eigenvalue weighted by Gasteiger charge is -2.06. The Balaban J connectivity index is 1.98. The first-order valence-electron chi connectivity index (χ1n) is 5.86. The van der Waals surface area contributed by atoms with Gasteiger partial charge in [0.05, 0.1) is 19.2 Å². The molecular formula is C14H13NO4S. The van der Waals surface area contributed by atoms with Gasteiger partial charge in [-0.15, -0.1) is 11.3 Å². The minimum atomic E-state index is -0.814. The summed E-state index contributed by atoms with van der Waals surface area (Å²) in [5.74, 6) is -0.177. The Bertz CT molecular complexity index is 594. The Morgan fingerprint density at radius 1 is 1.20 bits per heavy atom. The van der Waals surface area contributed by atoms with Gasteiger partial charge in [-0.3, -0.25) is 4.79 Å². The molecule has 0 aliphatic carbocycles. The molecule has 0 saturated carbocycles. The minimum Gasteiger partial charge on any atom is -0.437 e. The van der Waals surface area contributed by atoms with Crippen molar-refractivity contribution in [2.24, 2.45) is 0 Å². The molecule has 0 saturated heterocycles. The lowest BCUT2D eigenvalue weighted by molar-refractivity contribution is -0.115. The smallest absolute Gasteiger partial charge is 0.437 e. The third-order valence-electron chi connectivity index (χ3n) is 2.45. The van der Waals surface area contributed by atoms with E-state index in [1.807, 2.05) is 30.3 Å². The van der Waals surface area contributed by atoms with Crippen molar-refractivity contribution in [1.82, 2.24) is 0 Å². The average Bonchev–Trinajstić information content (AvgIpc) is 2.86. The van der Waals surface area contributed by atoms with Crippen LogP contribution in [0.4, 0.5) is 10.5 Å². The van der Waals surface area contributed by atoms with Gasteiger partial charge in [0.25, 0.3) is 0 Å². The van der Waals surface area contributed by atoms with Crippen LogP contribution in [0.2, 0.25) is 0 Å². The molecule has 0 fully saturated rings. The topological polar surface area (TPSA) is 64.6 Å². The maximum atomic E-state index is 11.9. The van der Waals surface area contributed by atoms with Gasteiger partial charge in [0, 0.05) is 0 Å². The number of ether oxygens (including phenoxy) is 2. The van der Waals surface area contributed by atoms with Gasteiger partial charge in [-0.05, 0) is 17.0 Å². The molecule has 1 aromatic carbocycles. The average molecular weight is 291 g/mol. The number of hydrogen-bond donors (Lipinski definition) is 1. The first-order valence-corrected chi connectivity index (χ1v) is 6.74. The zero-order valence-electron chi connectivity index (χ0n) is 10.8. The normalized spacial score (nSPS) is 9.85. The van der Waals surface area contributed by atoms with Crippen molar-refractivity contribution >= 4 is 29.1 Å². The highest BCUT2D eigenvalue weighted by molar-refractivity contribution is 7.12. The van der Waals surface area contributed by atoms with Gasteiger partial charge in [0.1, 0.15) is 0 Å². The predicted molar refractivity (Wildman–Crippen MR) is 76.1 cm³/mol. The van der Waals surface area contributed by atoms with Crippen molar-refractivity contribution in [2.75, 3.05) is 12.4 Å². The Hall–Kier alpha value is -2.34. The fourth-order valence-corrected chi connectivity index (χ4v) is 2.25. The number of methoxy groups -OCH3 is 1. The van der Waals surface area contributed by atoms with Crippen LogP contribution >= 0.6 is 11.3 Å². The van der Waals surface area contributed by atoms with Gasteiger partial charge in [-0.1, -0.05) is 30.3 Å². The van der Waals surface area contributed by atoms with Crippen molar-refractivity contribution < 1.29 is 19.1 Å². The van der Waals surface area contributed by atoms with Crippen LogP contribution in [0.3, 0.4) is 0 Å². The van der Waals surface area contributed by atoms with Gasteiger partial charge in [-0.25, -0.2) is 4.79 Å². The number of carbonyl (C=O) groups excluding carboxylic acids is 2. The second-order valence-electron chi connectivity index (χ2n) is 3.89. The highest BCUT2D eigenvalue weighted by Gasteiger charge is 2.13. The van der Waals surface area contributed by atoms with E-state index in [0.717, 1.165) is 5.56 Å². The Morgan fingerprint density at radius 2 is 1.95 bits per heavy atom. The van der Waals surface area contributed by atoms with Crippen LogP contribution < -0.4 is 10.1 Å². The van der Waals surface area contributed by atoms with Crippen LogP contribution in [-0.4, -0.2) is 19.2 Å². The molecule has 1 N–H and O–H groups in total. The minimum absolute atomic E-state index is 0.177. The predicted octanol–water partition coefficient (Wildman–Crippen LogP) is 3.07. The molecule has 2 aromatic rings. The summed E-state index contributed by atoms with van der Waals surface area (Å²) in [7, 11) is 1.23. The van der Waals surface area contributed by atoms with E-state index >= 15 is 0 Å². The summed E-state index contributed by atoms with van der Waals surface area (Å²) in [4.78, 5) is 23.0. The second kappa shape index (κ2) is 6.72. The SMILES string of the molecule is COC(=O)Oc1sccc1NC(=O)Cc1ccccc1. The van der Waals surface area contributed by atoms with E-state index in [1.54, 1.807) is 11.4 Å². The molecule has 6 heteroatoms. The number of amides is 1. The van der Waals surface area contributed by atoms with Crippen LogP contribution in [0, 0.1) is 0 Å². The zero-order chi connectivity index (χ0) is 14.4. The number of rotatable bonds is 4. The number of thiophene rings is 1. The summed E-state index contributed by atoms with van der Waals surface area (Å²) < 4.78 is 9.34. The summed E-state index contributed by atoms with van der Waals surface area (Å²) >= 11 is 1.20. The molecule has 0 radical (unpaired) electrons. The molecule has 104 valence electrons. The van der Waals surface area contributed by atoms with Crippen LogP contribution in [0.25, 0.3) is 0 Å². The Kier molecular flexibility index (Phi) is 4.73. The quantitative estimate of drug-likeness (QED) is 0.879. The molecule has 1 heterocycles. The molecule has 20 heavy (non-hydrogen) atoms. The maximum absolute atomic E-state index is 11.9. The molecule has 2 rings (SSSR count). The molecule has 1 aromatic heterocycles. The van der Waals surface area contributed by atoms with Crippen molar-refractivity contribution in [3.63, 3.8) is 0 Å². The number of nitrogens with one attached hydrogen (secondary N) is 1. The van der Waals surface area contributed by atoms with Gasteiger partial charge in [0.15, 0.2) is 0 Å². The van der Waals surface area contributed by atoms with Crippen molar-refractivity contribution in [2.45, 2.75) is 6.42 Å². The Morgan fingerprint density at radius 3 is 2.65 bits per heavy atom. The molecule has 0 atom stereocenters. The van der Waals surface area contributed by atoms with E-state index in [2.05, 4.69) is 10.1 Å². The third kappa shape index (κ3) is 3.83. The molecule has 1 amide bonds. The van der Waals surface area contributed by atoms with Gasteiger partial charge in [0.2, 0.25) is 11.0 Å². The first-order chi connectivity index (χ1) is 9.69. The number of hydrogen-bond acceptors (Lipinski definition) is 5. The van der Waals surface area contributed by atoms with Gasteiger partial charge >= 0.3 is 6.16 Å². The van der Waals surface area contributed by atoms with Crippen LogP contribution in [0.15, 0.2) is 41.8 Å². The van der Waals surface area contributed by atoms with Crippen molar-refractivity contribution in [3.8, 4) is 5.06 Å². The maximum Gasteiger partial charge on any atom is 0.514 e. The van der Waals surface area contributed by atoms with E-state index in [9.17, 15) is 9.59 Å². The first kappa shape index (κ1) is 14.1. The Labute approximate surface area is 120 Å². The summed E-state index contributed by atoms with van der Waals surface area (Å²) in [5, 5.41) is 4.73. The van der Waals surface area contributed by atoms with Crippen LogP contribution in [0.5, 0.6) is 5.06 Å². The largest absolute Gasteiger partial charge is 0.514 e. The molecule has 0 spiro atoms. The van der Waals surface area contributed by atoms with Crippen LogP contribution in [-0.2, 0) is 16.0 Å². The number of benzene rings is 1. The summed E-state index contributed by atoms with van der Waals surface area (Å²) in [5.41, 5.74) is 1.37. The zero-order valence-corrected chi connectivity index (χ0v) is 11.6. The van der Waals surface area contributed by atoms with Crippen molar-refractivity contribution in [1.29, 1.82) is 0 Å². The number of anilines is 1. The molecule has 0 bridgehead atoms. The fourth-order valence-electron chi connectivity index (χ4n) is 1.56. The molecule has 5 nitrogen and oxygen atoms in total. The third-order valence-corrected chi connectivity index (χ3v) is 3.24. The monoisotopic (exact) mass is 291 g/mol. The van der Waals surface area contributed by atoms with E-state index in [4.69, 9.17) is 4.74 Å². The lowest BCUT2D eigenvalue weighted by Crippen LogP contribution is -2.15. The highest BCUT2D eigenvalue weighted by Crippen LogP contribution is 2.31. The molecule has 0 unspecified atom stereocenters. The van der Waals surface area contributed by atoms with E-state index in [1.165, 1.54) is 18.4 Å². The molecule has 0 aliphatic rings. The van der Waals surface area contributed by atoms with Crippen LogP contribution in [0.1, 0.15) is 5.56 Å². The van der Waals surface area contributed by atoms with E-state index in [-0.39, 0.29) is 12.3 Å². The van der Waals surface area contributed by atoms with Gasteiger partial charge < -0.3 is 14.8 Å². The summed E-state index contributed by atoms with van der Waals surface area (Å²) in [6.45, 7) is 0. The van der Waals surface area contributed by atoms with E-state index < -0.39 is 6.16 Å². The standard InChI is InChI=1S/C14H13NO4S/c1-18-14(17)19-13-11(7-8-20-13)15-12(16)9-10-5-3-2-4-6-10/h2-8H,9H2,1H3,(H,15,16). The highest BCUT2D eigenvalue weighted by atomic mass is 32.1. The second-order valence-corrected chi connectivity index (χ2v) is 4.77. The van der Waals surface area contributed by atoms with E-state index in [0.29, 0.717) is 10.8 Å². The van der Waals surface area contributed by atoms with Gasteiger partial charge in [-0.2, -0.15) is 0 Å². The molecular weight excluding hydrogens is 278 g/mol. The molecule has 0 aliphatic heterocycles. The van der Waals surface area contributed by atoms with Crippen molar-refractivity contribution in [3.05, 3.63) is 47.3 Å². The number of carbonyl (C=O) groups is 2. The lowest BCUT2D eigenvalue weighted by atomic mass is 10.1. The summed E-state index contributed by atoms with van der Waals surface area (Å²) in [6.07, 6.45) is -0.556. The summed E-state index contributed by atoms with van der Waals surface area (Å²) in [6, 6.07) is 11.1.